The summed E-state index contributed by atoms with van der Waals surface area (Å²) >= 11 is 0. The van der Waals surface area contributed by atoms with E-state index < -0.39 is 5.97 Å². The zero-order valence-electron chi connectivity index (χ0n) is 9.93. The topological polar surface area (TPSA) is 80.9 Å². The minimum Gasteiger partial charge on any atom is -0.478 e. The van der Waals surface area contributed by atoms with Crippen molar-refractivity contribution < 1.29 is 23.8 Å². The van der Waals surface area contributed by atoms with Crippen LogP contribution in [0, 0.1) is 0 Å². The van der Waals surface area contributed by atoms with Crippen LogP contribution in [-0.2, 0) is 16.0 Å². The van der Waals surface area contributed by atoms with E-state index in [1.807, 2.05) is 0 Å². The predicted molar refractivity (Wildman–Crippen MR) is 60.0 cm³/mol. The summed E-state index contributed by atoms with van der Waals surface area (Å²) in [4.78, 5) is 10.6. The van der Waals surface area contributed by atoms with Crippen molar-refractivity contribution in [2.24, 2.45) is 0 Å². The van der Waals surface area contributed by atoms with E-state index in [9.17, 15) is 4.79 Å². The number of carboxylic acids is 1. The van der Waals surface area contributed by atoms with Gasteiger partial charge in [0.25, 0.3) is 0 Å². The zero-order valence-corrected chi connectivity index (χ0v) is 9.93. The first-order valence-electron chi connectivity index (χ1n) is 5.20. The van der Waals surface area contributed by atoms with Crippen LogP contribution in [0.4, 0.5) is 0 Å². The molecule has 6 heteroatoms. The summed E-state index contributed by atoms with van der Waals surface area (Å²) in [6.07, 6.45) is 1.19. The highest BCUT2D eigenvalue weighted by Crippen LogP contribution is 2.07. The summed E-state index contributed by atoms with van der Waals surface area (Å²) < 4.78 is 15.2. The molecule has 96 valence electrons. The number of ether oxygens (including phenoxy) is 2. The Balaban J connectivity index is 2.32. The van der Waals surface area contributed by atoms with Gasteiger partial charge < -0.3 is 24.3 Å². The maximum absolute atomic E-state index is 10.6. The number of carbonyl (C=O) groups is 1. The van der Waals surface area contributed by atoms with Gasteiger partial charge in [-0.15, -0.1) is 0 Å². The molecule has 0 saturated heterocycles. The molecule has 0 spiro atoms. The van der Waals surface area contributed by atoms with Gasteiger partial charge in [-0.25, -0.2) is 4.79 Å². The van der Waals surface area contributed by atoms with Gasteiger partial charge in [-0.05, 0) is 6.07 Å². The lowest BCUT2D eigenvalue weighted by atomic mass is 10.3. The molecule has 0 fully saturated rings. The summed E-state index contributed by atoms with van der Waals surface area (Å²) in [7, 11) is 3.22. The van der Waals surface area contributed by atoms with E-state index in [0.717, 1.165) is 0 Å². The van der Waals surface area contributed by atoms with E-state index in [-0.39, 0.29) is 11.7 Å². The second kappa shape index (κ2) is 7.05. The average molecular weight is 243 g/mol. The molecule has 0 saturated carbocycles. The summed E-state index contributed by atoms with van der Waals surface area (Å²) in [6.45, 7) is 1.56. The molecular formula is C11H17NO5. The Morgan fingerprint density at radius 3 is 2.88 bits per heavy atom. The van der Waals surface area contributed by atoms with E-state index >= 15 is 0 Å². The SMILES string of the molecule is COCC(CNCc1cc(C(=O)O)co1)OC. The Morgan fingerprint density at radius 2 is 2.35 bits per heavy atom. The van der Waals surface area contributed by atoms with Gasteiger partial charge in [0.1, 0.15) is 12.0 Å². The molecule has 2 N–H and O–H groups in total. The van der Waals surface area contributed by atoms with Crippen molar-refractivity contribution in [1.82, 2.24) is 5.32 Å². The minimum atomic E-state index is -0.992. The highest BCUT2D eigenvalue weighted by molar-refractivity contribution is 5.87. The van der Waals surface area contributed by atoms with Crippen LogP contribution >= 0.6 is 0 Å². The monoisotopic (exact) mass is 243 g/mol. The Bertz CT molecular complexity index is 349. The molecule has 0 bridgehead atoms. The second-order valence-corrected chi connectivity index (χ2v) is 3.55. The molecule has 1 aromatic rings. The van der Waals surface area contributed by atoms with Crippen LogP contribution in [-0.4, -0.2) is 44.6 Å². The molecule has 1 atom stereocenters. The Morgan fingerprint density at radius 1 is 1.59 bits per heavy atom. The maximum atomic E-state index is 10.6. The van der Waals surface area contributed by atoms with Gasteiger partial charge in [0.05, 0.1) is 24.8 Å². The summed E-state index contributed by atoms with van der Waals surface area (Å²) in [5.74, 6) is -0.413. The van der Waals surface area contributed by atoms with E-state index in [4.69, 9.17) is 19.0 Å². The van der Waals surface area contributed by atoms with Gasteiger partial charge in [0.15, 0.2) is 0 Å². The van der Waals surface area contributed by atoms with Crippen molar-refractivity contribution in [3.63, 3.8) is 0 Å². The van der Waals surface area contributed by atoms with Gasteiger partial charge >= 0.3 is 5.97 Å². The van der Waals surface area contributed by atoms with E-state index in [1.165, 1.54) is 12.3 Å². The van der Waals surface area contributed by atoms with Crippen LogP contribution in [0.15, 0.2) is 16.7 Å². The molecular weight excluding hydrogens is 226 g/mol. The van der Waals surface area contributed by atoms with Crippen LogP contribution in [0.1, 0.15) is 16.1 Å². The molecule has 0 aliphatic rings. The number of hydrogen-bond donors (Lipinski definition) is 2. The molecule has 17 heavy (non-hydrogen) atoms. The zero-order chi connectivity index (χ0) is 12.7. The fourth-order valence-electron chi connectivity index (χ4n) is 1.34. The fourth-order valence-corrected chi connectivity index (χ4v) is 1.34. The fraction of sp³-hybridized carbons (Fsp3) is 0.545. The van der Waals surface area contributed by atoms with E-state index in [2.05, 4.69) is 5.32 Å². The van der Waals surface area contributed by atoms with Gasteiger partial charge in [-0.1, -0.05) is 0 Å². The molecule has 1 rings (SSSR count). The molecule has 1 heterocycles. The number of carboxylic acid groups (broad SMARTS) is 1. The lowest BCUT2D eigenvalue weighted by Gasteiger charge is -2.14. The molecule has 0 aliphatic heterocycles. The molecule has 0 amide bonds. The molecule has 6 nitrogen and oxygen atoms in total. The number of furan rings is 1. The molecule has 0 aromatic carbocycles. The third-order valence-electron chi connectivity index (χ3n) is 2.26. The summed E-state index contributed by atoms with van der Waals surface area (Å²) in [5.41, 5.74) is 0.155. The van der Waals surface area contributed by atoms with Gasteiger partial charge in [0, 0.05) is 20.8 Å². The number of hydrogen-bond acceptors (Lipinski definition) is 5. The van der Waals surface area contributed by atoms with Crippen molar-refractivity contribution in [2.45, 2.75) is 12.6 Å². The Hall–Kier alpha value is -1.37. The molecule has 0 aliphatic carbocycles. The molecule has 1 aromatic heterocycles. The van der Waals surface area contributed by atoms with Crippen molar-refractivity contribution in [3.8, 4) is 0 Å². The van der Waals surface area contributed by atoms with Gasteiger partial charge in [-0.2, -0.15) is 0 Å². The van der Waals surface area contributed by atoms with Crippen LogP contribution in [0.2, 0.25) is 0 Å². The standard InChI is InChI=1S/C11H17NO5/c1-15-7-10(16-2)5-12-4-9-3-8(6-17-9)11(13)14/h3,6,10,12H,4-5,7H2,1-2H3,(H,13,14). The average Bonchev–Trinajstić information content (AvgIpc) is 2.77. The summed E-state index contributed by atoms with van der Waals surface area (Å²) in [6, 6.07) is 1.49. The van der Waals surface area contributed by atoms with E-state index in [1.54, 1.807) is 14.2 Å². The van der Waals surface area contributed by atoms with Crippen LogP contribution in [0.5, 0.6) is 0 Å². The lowest BCUT2D eigenvalue weighted by Crippen LogP contribution is -2.31. The third kappa shape index (κ3) is 4.56. The quantitative estimate of drug-likeness (QED) is 0.700. The predicted octanol–water partition coefficient (Wildman–Crippen LogP) is 0.729. The Labute approximate surface area is 99.5 Å². The van der Waals surface area contributed by atoms with Crippen LogP contribution < -0.4 is 5.32 Å². The minimum absolute atomic E-state index is 0.0334. The number of aromatic carboxylic acids is 1. The maximum Gasteiger partial charge on any atom is 0.338 e. The molecule has 0 radical (unpaired) electrons. The smallest absolute Gasteiger partial charge is 0.338 e. The van der Waals surface area contributed by atoms with Gasteiger partial charge in [-0.3, -0.25) is 0 Å². The first-order chi connectivity index (χ1) is 8.17. The van der Waals surface area contributed by atoms with Crippen molar-refractivity contribution in [2.75, 3.05) is 27.4 Å². The number of nitrogens with one attached hydrogen (secondary N) is 1. The highest BCUT2D eigenvalue weighted by Gasteiger charge is 2.09. The highest BCUT2D eigenvalue weighted by atomic mass is 16.5. The number of rotatable bonds is 8. The molecule has 1 unspecified atom stereocenters. The van der Waals surface area contributed by atoms with Crippen LogP contribution in [0.25, 0.3) is 0 Å². The van der Waals surface area contributed by atoms with E-state index in [0.29, 0.717) is 25.5 Å². The second-order valence-electron chi connectivity index (χ2n) is 3.55. The Kier molecular flexibility index (Phi) is 5.68. The van der Waals surface area contributed by atoms with Crippen LogP contribution in [0.3, 0.4) is 0 Å². The normalized spacial score (nSPS) is 12.6. The van der Waals surface area contributed by atoms with Gasteiger partial charge in [0.2, 0.25) is 0 Å². The van der Waals surface area contributed by atoms with Crippen molar-refractivity contribution >= 4 is 5.97 Å². The first kappa shape index (κ1) is 13.7. The first-order valence-corrected chi connectivity index (χ1v) is 5.20. The van der Waals surface area contributed by atoms with Crippen molar-refractivity contribution in [1.29, 1.82) is 0 Å². The largest absolute Gasteiger partial charge is 0.478 e. The third-order valence-corrected chi connectivity index (χ3v) is 2.26. The summed E-state index contributed by atoms with van der Waals surface area (Å²) in [5, 5.41) is 11.8. The van der Waals surface area contributed by atoms with Crippen molar-refractivity contribution in [3.05, 3.63) is 23.7 Å². The number of methoxy groups -OCH3 is 2. The lowest BCUT2D eigenvalue weighted by molar-refractivity contribution is 0.0285.